The molecule has 0 spiro atoms. The van der Waals surface area contributed by atoms with Crippen molar-refractivity contribution in [3.8, 4) is 0 Å². The Morgan fingerprint density at radius 2 is 1.65 bits per heavy atom. The van der Waals surface area contributed by atoms with Gasteiger partial charge in [0.05, 0.1) is 35.5 Å². The van der Waals surface area contributed by atoms with Crippen LogP contribution in [0, 0.1) is 11.8 Å². The normalized spacial score (nSPS) is 52.7. The van der Waals surface area contributed by atoms with Gasteiger partial charge in [0.1, 0.15) is 12.2 Å². The molecule has 2 heterocycles. The van der Waals surface area contributed by atoms with Gasteiger partial charge in [-0.05, 0) is 25.7 Å². The highest BCUT2D eigenvalue weighted by Gasteiger charge is 2.54. The van der Waals surface area contributed by atoms with Gasteiger partial charge in [0, 0.05) is 5.92 Å². The predicted molar refractivity (Wildman–Crippen MR) is 73.0 cm³/mol. The van der Waals surface area contributed by atoms with Gasteiger partial charge in [-0.15, -0.1) is 23.2 Å². The number of hydrogen-bond donors (Lipinski definition) is 0. The zero-order valence-corrected chi connectivity index (χ0v) is 12.6. The third-order valence-electron chi connectivity index (χ3n) is 5.03. The smallest absolute Gasteiger partial charge is 0.310 e. The summed E-state index contributed by atoms with van der Waals surface area (Å²) in [5.74, 6) is -0.226. The fourth-order valence-corrected chi connectivity index (χ4v) is 4.47. The first-order valence-corrected chi connectivity index (χ1v) is 8.28. The van der Waals surface area contributed by atoms with Crippen LogP contribution in [0.25, 0.3) is 0 Å². The molecule has 4 rings (SSSR count). The average molecular weight is 321 g/mol. The Morgan fingerprint density at radius 3 is 2.40 bits per heavy atom. The van der Waals surface area contributed by atoms with E-state index in [9.17, 15) is 4.79 Å². The lowest BCUT2D eigenvalue weighted by Crippen LogP contribution is -2.37. The van der Waals surface area contributed by atoms with Gasteiger partial charge >= 0.3 is 5.97 Å². The number of rotatable bonds is 3. The summed E-state index contributed by atoms with van der Waals surface area (Å²) in [5, 5.41) is -0.272. The van der Waals surface area contributed by atoms with Crippen molar-refractivity contribution in [3.63, 3.8) is 0 Å². The molecule has 0 bridgehead atoms. The maximum atomic E-state index is 12.2. The molecule has 4 aliphatic rings. The summed E-state index contributed by atoms with van der Waals surface area (Å²) < 4.78 is 16.4. The van der Waals surface area contributed by atoms with Crippen molar-refractivity contribution >= 4 is 29.2 Å². The first kappa shape index (κ1) is 13.6. The molecule has 2 aliphatic carbocycles. The SMILES string of the molecule is O=C(OCC1CCC2OC2C1Cl)C1CCC2OC2C1Cl. The quantitative estimate of drug-likeness (QED) is 0.454. The lowest BCUT2D eigenvalue weighted by atomic mass is 9.88. The topological polar surface area (TPSA) is 51.4 Å². The molecule has 4 fully saturated rings. The van der Waals surface area contributed by atoms with E-state index >= 15 is 0 Å². The van der Waals surface area contributed by atoms with Crippen LogP contribution in [0.15, 0.2) is 0 Å². The van der Waals surface area contributed by atoms with Crippen LogP contribution in [0.5, 0.6) is 0 Å². The summed E-state index contributed by atoms with van der Waals surface area (Å²) in [5.41, 5.74) is 0. The maximum absolute atomic E-state index is 12.2. The third-order valence-corrected chi connectivity index (χ3v) is 6.19. The predicted octanol–water partition coefficient (Wildman–Crippen LogP) is 2.10. The first-order valence-electron chi connectivity index (χ1n) is 7.41. The highest BCUT2D eigenvalue weighted by molar-refractivity contribution is 6.22. The largest absolute Gasteiger partial charge is 0.465 e. The molecule has 8 unspecified atom stereocenters. The minimum atomic E-state index is -0.240. The number of halogens is 2. The summed E-state index contributed by atoms with van der Waals surface area (Å²) >= 11 is 12.6. The number of fused-ring (bicyclic) bond motifs is 2. The van der Waals surface area contributed by atoms with Crippen molar-refractivity contribution in [1.29, 1.82) is 0 Å². The van der Waals surface area contributed by atoms with Gasteiger partial charge < -0.3 is 14.2 Å². The van der Waals surface area contributed by atoms with Crippen molar-refractivity contribution in [2.75, 3.05) is 6.61 Å². The third kappa shape index (κ3) is 2.35. The molecule has 2 saturated heterocycles. The Hall–Kier alpha value is -0.0300. The van der Waals surface area contributed by atoms with E-state index in [0.717, 1.165) is 25.7 Å². The first-order chi connectivity index (χ1) is 9.65. The zero-order valence-electron chi connectivity index (χ0n) is 11.0. The van der Waals surface area contributed by atoms with Crippen molar-refractivity contribution in [1.82, 2.24) is 0 Å². The molecule has 0 aromatic heterocycles. The Labute approximate surface area is 128 Å². The van der Waals surface area contributed by atoms with E-state index in [2.05, 4.69) is 0 Å². The number of ether oxygens (including phenoxy) is 3. The van der Waals surface area contributed by atoms with Gasteiger partial charge in [-0.25, -0.2) is 0 Å². The number of carbonyl (C=O) groups excluding carboxylic acids is 1. The molecule has 8 atom stereocenters. The van der Waals surface area contributed by atoms with E-state index in [0.29, 0.717) is 12.7 Å². The molecule has 0 aromatic rings. The average Bonchev–Trinajstić information content (AvgIpc) is 3.31. The Bertz CT molecular complexity index is 418. The van der Waals surface area contributed by atoms with Crippen LogP contribution in [0.4, 0.5) is 0 Å². The van der Waals surface area contributed by atoms with Crippen molar-refractivity contribution in [3.05, 3.63) is 0 Å². The fraction of sp³-hybridized carbons (Fsp3) is 0.929. The number of hydrogen-bond acceptors (Lipinski definition) is 4. The Kier molecular flexibility index (Phi) is 3.41. The van der Waals surface area contributed by atoms with Crippen LogP contribution in [-0.2, 0) is 19.0 Å². The number of epoxide rings is 2. The lowest BCUT2D eigenvalue weighted by molar-refractivity contribution is -0.150. The summed E-state index contributed by atoms with van der Waals surface area (Å²) in [6, 6.07) is 0. The Morgan fingerprint density at radius 1 is 1.00 bits per heavy atom. The molecule has 0 N–H and O–H groups in total. The van der Waals surface area contributed by atoms with Gasteiger partial charge in [-0.1, -0.05) is 0 Å². The number of carbonyl (C=O) groups is 1. The molecule has 6 heteroatoms. The van der Waals surface area contributed by atoms with Crippen molar-refractivity contribution < 1.29 is 19.0 Å². The van der Waals surface area contributed by atoms with Gasteiger partial charge in [0.2, 0.25) is 0 Å². The van der Waals surface area contributed by atoms with Gasteiger partial charge in [-0.3, -0.25) is 4.79 Å². The van der Waals surface area contributed by atoms with Crippen LogP contribution in [0.2, 0.25) is 0 Å². The van der Waals surface area contributed by atoms with E-state index in [1.807, 2.05) is 0 Å². The van der Waals surface area contributed by atoms with Crippen LogP contribution < -0.4 is 0 Å². The zero-order chi connectivity index (χ0) is 13.9. The second-order valence-corrected chi connectivity index (χ2v) is 7.33. The number of alkyl halides is 2. The minimum Gasteiger partial charge on any atom is -0.465 e. The van der Waals surface area contributed by atoms with E-state index in [-0.39, 0.29) is 46.9 Å². The number of esters is 1. The van der Waals surface area contributed by atoms with Gasteiger partial charge in [0.15, 0.2) is 0 Å². The van der Waals surface area contributed by atoms with E-state index < -0.39 is 0 Å². The fourth-order valence-electron chi connectivity index (χ4n) is 3.59. The second kappa shape index (κ2) is 5.01. The summed E-state index contributed by atoms with van der Waals surface area (Å²) in [6.07, 6.45) is 4.50. The highest BCUT2D eigenvalue weighted by atomic mass is 35.5. The molecule has 112 valence electrons. The monoisotopic (exact) mass is 320 g/mol. The molecule has 2 saturated carbocycles. The lowest BCUT2D eigenvalue weighted by Gasteiger charge is -2.26. The molecule has 4 nitrogen and oxygen atoms in total. The van der Waals surface area contributed by atoms with Gasteiger partial charge in [0.25, 0.3) is 0 Å². The molecule has 0 aromatic carbocycles. The minimum absolute atomic E-state index is 0.0316. The summed E-state index contributed by atoms with van der Waals surface area (Å²) in [6.45, 7) is 0.384. The molecule has 2 aliphatic heterocycles. The van der Waals surface area contributed by atoms with Crippen LogP contribution in [0.1, 0.15) is 25.7 Å². The van der Waals surface area contributed by atoms with Crippen molar-refractivity contribution in [2.45, 2.75) is 60.9 Å². The van der Waals surface area contributed by atoms with E-state index in [1.54, 1.807) is 0 Å². The van der Waals surface area contributed by atoms with E-state index in [4.69, 9.17) is 37.4 Å². The van der Waals surface area contributed by atoms with Crippen molar-refractivity contribution in [2.24, 2.45) is 11.8 Å². The molecular formula is C14H18Cl2O4. The molecule has 0 amide bonds. The van der Waals surface area contributed by atoms with Crippen LogP contribution in [-0.4, -0.2) is 47.7 Å². The summed E-state index contributed by atoms with van der Waals surface area (Å²) in [7, 11) is 0. The second-order valence-electron chi connectivity index (χ2n) is 6.32. The van der Waals surface area contributed by atoms with E-state index in [1.165, 1.54) is 0 Å². The molecule has 0 radical (unpaired) electrons. The van der Waals surface area contributed by atoms with Gasteiger partial charge in [-0.2, -0.15) is 0 Å². The van der Waals surface area contributed by atoms with Crippen LogP contribution in [0.3, 0.4) is 0 Å². The summed E-state index contributed by atoms with van der Waals surface area (Å²) in [4.78, 5) is 12.2. The maximum Gasteiger partial charge on any atom is 0.310 e. The van der Waals surface area contributed by atoms with Crippen LogP contribution >= 0.6 is 23.2 Å². The standard InChI is InChI=1S/C14H18Cl2O4/c15-10-6(1-3-8-12(10)19-8)5-18-14(17)7-2-4-9-13(20-9)11(7)16/h6-13H,1-5H2. The Balaban J connectivity index is 1.29. The molecular weight excluding hydrogens is 303 g/mol. The molecule has 20 heavy (non-hydrogen) atoms. The highest BCUT2D eigenvalue weighted by Crippen LogP contribution is 2.44.